The molecule has 0 aliphatic carbocycles. The molecule has 174 valence electrons. The summed E-state index contributed by atoms with van der Waals surface area (Å²) in [5, 5.41) is 0. The lowest BCUT2D eigenvalue weighted by atomic mass is 10.0. The van der Waals surface area contributed by atoms with Gasteiger partial charge in [-0.25, -0.2) is 0 Å². The predicted octanol–water partition coefficient (Wildman–Crippen LogP) is 6.09. The Kier molecular flexibility index (Phi) is 12.7. The number of aryl methyl sites for hydroxylation is 1. The number of methoxy groups -OCH3 is 2. The molecule has 0 unspecified atom stereocenters. The number of hydrogen-bond donors (Lipinski definition) is 0. The smallest absolute Gasteiger partial charge is 0.171 e. The first kappa shape index (κ1) is 26.8. The van der Waals surface area contributed by atoms with Gasteiger partial charge in [-0.05, 0) is 36.8 Å². The van der Waals surface area contributed by atoms with E-state index in [1.54, 1.807) is 14.2 Å². The molecule has 2 aliphatic heterocycles. The van der Waals surface area contributed by atoms with Gasteiger partial charge in [0.05, 0.1) is 27.4 Å². The molecule has 0 saturated carbocycles. The summed E-state index contributed by atoms with van der Waals surface area (Å²) in [6.07, 6.45) is 1.87. The van der Waals surface area contributed by atoms with E-state index in [1.165, 1.54) is 11.3 Å². The summed E-state index contributed by atoms with van der Waals surface area (Å²) in [6.45, 7) is 13.4. The highest BCUT2D eigenvalue weighted by atomic mass is 16.7. The van der Waals surface area contributed by atoms with E-state index in [1.807, 2.05) is 71.0 Å². The highest BCUT2D eigenvalue weighted by Gasteiger charge is 2.39. The standard InChI is InChI=1S/C14H19NO3.C8H10O.2C2H6/c1-16-13-4-2-3-12(11-13)15-7-5-14(6-8-15)17-9-10-18-14;1-7-4-3-5-8(6-7)9-2;2*1-2/h2-4,11H,5-10H2,1H3;3-6H,1-2H3;2*1-2H3. The van der Waals surface area contributed by atoms with Crippen LogP contribution in [0.25, 0.3) is 0 Å². The van der Waals surface area contributed by atoms with Crippen LogP contribution in [0, 0.1) is 6.92 Å². The van der Waals surface area contributed by atoms with Crippen molar-refractivity contribution in [3.8, 4) is 11.5 Å². The SMILES string of the molecule is CC.CC.COc1cccc(C)c1.COc1cccc(N2CCC3(CC2)OCCO3)c1. The van der Waals surface area contributed by atoms with Gasteiger partial charge >= 0.3 is 0 Å². The number of rotatable bonds is 3. The van der Waals surface area contributed by atoms with Crippen LogP contribution in [0.5, 0.6) is 11.5 Å². The quantitative estimate of drug-likeness (QED) is 0.588. The lowest BCUT2D eigenvalue weighted by Crippen LogP contribution is -2.45. The highest BCUT2D eigenvalue weighted by molar-refractivity contribution is 5.51. The van der Waals surface area contributed by atoms with Crippen LogP contribution >= 0.6 is 0 Å². The summed E-state index contributed by atoms with van der Waals surface area (Å²) in [4.78, 5) is 2.36. The third kappa shape index (κ3) is 8.42. The van der Waals surface area contributed by atoms with E-state index in [0.717, 1.165) is 50.6 Å². The molecule has 0 amide bonds. The largest absolute Gasteiger partial charge is 0.497 e. The zero-order valence-electron chi connectivity index (χ0n) is 20.4. The summed E-state index contributed by atoms with van der Waals surface area (Å²) >= 11 is 0. The number of hydrogen-bond acceptors (Lipinski definition) is 5. The van der Waals surface area contributed by atoms with Crippen molar-refractivity contribution >= 4 is 5.69 Å². The van der Waals surface area contributed by atoms with Gasteiger partial charge in [-0.3, -0.25) is 0 Å². The summed E-state index contributed by atoms with van der Waals surface area (Å²) in [6, 6.07) is 16.2. The zero-order valence-corrected chi connectivity index (χ0v) is 20.4. The monoisotopic (exact) mass is 431 g/mol. The fraction of sp³-hybridized carbons (Fsp3) is 0.538. The molecule has 2 fully saturated rings. The van der Waals surface area contributed by atoms with Crippen LogP contribution in [-0.4, -0.2) is 46.3 Å². The maximum Gasteiger partial charge on any atom is 0.171 e. The highest BCUT2D eigenvalue weighted by Crippen LogP contribution is 2.33. The van der Waals surface area contributed by atoms with E-state index in [-0.39, 0.29) is 5.79 Å². The van der Waals surface area contributed by atoms with E-state index < -0.39 is 0 Å². The second kappa shape index (κ2) is 14.7. The van der Waals surface area contributed by atoms with Gasteiger partial charge in [0.1, 0.15) is 11.5 Å². The molecule has 2 saturated heterocycles. The molecule has 2 aliphatic rings. The number of ether oxygens (including phenoxy) is 4. The van der Waals surface area contributed by atoms with Crippen molar-refractivity contribution in [1.82, 2.24) is 0 Å². The Morgan fingerprint density at radius 1 is 0.774 bits per heavy atom. The van der Waals surface area contributed by atoms with E-state index in [0.29, 0.717) is 0 Å². The summed E-state index contributed by atoms with van der Waals surface area (Å²) in [5.74, 6) is 1.53. The van der Waals surface area contributed by atoms with Gasteiger partial charge < -0.3 is 23.8 Å². The first-order valence-electron chi connectivity index (χ1n) is 11.4. The van der Waals surface area contributed by atoms with Gasteiger partial charge in [-0.1, -0.05) is 45.9 Å². The zero-order chi connectivity index (χ0) is 23.1. The minimum Gasteiger partial charge on any atom is -0.497 e. The average molecular weight is 432 g/mol. The van der Waals surface area contributed by atoms with Crippen molar-refractivity contribution in [1.29, 1.82) is 0 Å². The Morgan fingerprint density at radius 2 is 1.29 bits per heavy atom. The Hall–Kier alpha value is -2.24. The van der Waals surface area contributed by atoms with Gasteiger partial charge in [-0.2, -0.15) is 0 Å². The van der Waals surface area contributed by atoms with Crippen molar-refractivity contribution in [2.24, 2.45) is 0 Å². The molecule has 1 spiro atoms. The lowest BCUT2D eigenvalue weighted by Gasteiger charge is -2.38. The maximum absolute atomic E-state index is 5.74. The molecule has 4 rings (SSSR count). The van der Waals surface area contributed by atoms with E-state index in [4.69, 9.17) is 18.9 Å². The van der Waals surface area contributed by atoms with E-state index in [2.05, 4.69) is 17.0 Å². The van der Waals surface area contributed by atoms with Crippen LogP contribution in [0.2, 0.25) is 0 Å². The number of benzene rings is 2. The average Bonchev–Trinajstić information content (AvgIpc) is 3.30. The van der Waals surface area contributed by atoms with Gasteiger partial charge in [0.25, 0.3) is 0 Å². The Labute approximate surface area is 189 Å². The normalized spacial score (nSPS) is 16.0. The molecule has 2 heterocycles. The van der Waals surface area contributed by atoms with Crippen LogP contribution < -0.4 is 14.4 Å². The lowest BCUT2D eigenvalue weighted by molar-refractivity contribution is -0.169. The molecular formula is C26H41NO4. The Morgan fingerprint density at radius 3 is 1.77 bits per heavy atom. The van der Waals surface area contributed by atoms with Crippen LogP contribution in [-0.2, 0) is 9.47 Å². The van der Waals surface area contributed by atoms with E-state index in [9.17, 15) is 0 Å². The van der Waals surface area contributed by atoms with Crippen LogP contribution in [0.3, 0.4) is 0 Å². The van der Waals surface area contributed by atoms with Gasteiger partial charge in [0.15, 0.2) is 5.79 Å². The molecule has 0 N–H and O–H groups in total. The molecule has 5 nitrogen and oxygen atoms in total. The Balaban J connectivity index is 0.000000313. The van der Waals surface area contributed by atoms with Crippen molar-refractivity contribution in [2.75, 3.05) is 45.4 Å². The number of piperidine rings is 1. The van der Waals surface area contributed by atoms with Gasteiger partial charge in [-0.15, -0.1) is 0 Å². The van der Waals surface area contributed by atoms with Crippen molar-refractivity contribution in [2.45, 2.75) is 53.2 Å². The first-order chi connectivity index (χ1) is 15.1. The predicted molar refractivity (Wildman–Crippen MR) is 130 cm³/mol. The van der Waals surface area contributed by atoms with Gasteiger partial charge in [0, 0.05) is 37.7 Å². The molecule has 2 aromatic carbocycles. The van der Waals surface area contributed by atoms with E-state index >= 15 is 0 Å². The van der Waals surface area contributed by atoms with Crippen LogP contribution in [0.1, 0.15) is 46.1 Å². The van der Waals surface area contributed by atoms with Crippen LogP contribution in [0.4, 0.5) is 5.69 Å². The third-order valence-electron chi connectivity index (χ3n) is 4.98. The molecule has 0 bridgehead atoms. The van der Waals surface area contributed by atoms with Crippen molar-refractivity contribution in [3.05, 3.63) is 54.1 Å². The molecule has 2 aromatic rings. The molecule has 31 heavy (non-hydrogen) atoms. The number of anilines is 1. The number of nitrogens with zero attached hydrogens (tertiary/aromatic N) is 1. The summed E-state index contributed by atoms with van der Waals surface area (Å²) in [7, 11) is 3.37. The molecule has 5 heteroatoms. The summed E-state index contributed by atoms with van der Waals surface area (Å²) in [5.41, 5.74) is 2.44. The molecular weight excluding hydrogens is 390 g/mol. The molecule has 0 radical (unpaired) electrons. The molecule has 0 aromatic heterocycles. The molecule has 0 atom stereocenters. The maximum atomic E-state index is 5.74. The minimum atomic E-state index is -0.296. The third-order valence-corrected chi connectivity index (χ3v) is 4.98. The second-order valence-corrected chi connectivity index (χ2v) is 6.82. The summed E-state index contributed by atoms with van der Waals surface area (Å²) < 4.78 is 21.7. The first-order valence-corrected chi connectivity index (χ1v) is 11.4. The second-order valence-electron chi connectivity index (χ2n) is 6.82. The Bertz CT molecular complexity index is 719. The fourth-order valence-corrected chi connectivity index (χ4v) is 3.44. The van der Waals surface area contributed by atoms with Crippen LogP contribution in [0.15, 0.2) is 48.5 Å². The van der Waals surface area contributed by atoms with Crippen molar-refractivity contribution < 1.29 is 18.9 Å². The fourth-order valence-electron chi connectivity index (χ4n) is 3.44. The van der Waals surface area contributed by atoms with Gasteiger partial charge in [0.2, 0.25) is 0 Å². The van der Waals surface area contributed by atoms with Crippen molar-refractivity contribution in [3.63, 3.8) is 0 Å². The topological polar surface area (TPSA) is 40.2 Å². The minimum absolute atomic E-state index is 0.296.